The molecule has 1 aromatic rings. The van der Waals surface area contributed by atoms with Crippen LogP contribution in [0.2, 0.25) is 0 Å². The molecule has 2 N–H and O–H groups in total. The van der Waals surface area contributed by atoms with Gasteiger partial charge in [0.2, 0.25) is 5.91 Å². The van der Waals surface area contributed by atoms with Gasteiger partial charge in [-0.15, -0.1) is 0 Å². The average Bonchev–Trinajstić information content (AvgIpc) is 2.85. The van der Waals surface area contributed by atoms with E-state index in [1.165, 1.54) is 45.7 Å². The van der Waals surface area contributed by atoms with Crippen LogP contribution in [0.15, 0.2) is 24.3 Å². The molecule has 0 aromatic heterocycles. The minimum Gasteiger partial charge on any atom is -0.382 e. The molecule has 2 atom stereocenters. The Labute approximate surface area is 120 Å². The molecule has 2 fully saturated rings. The van der Waals surface area contributed by atoms with Crippen molar-refractivity contribution in [3.05, 3.63) is 24.3 Å². The number of amides is 1. The first-order chi connectivity index (χ1) is 9.70. The third kappa shape index (κ3) is 3.12. The van der Waals surface area contributed by atoms with E-state index in [1.54, 1.807) is 0 Å². The van der Waals surface area contributed by atoms with E-state index in [0.29, 0.717) is 6.04 Å². The fourth-order valence-electron chi connectivity index (χ4n) is 3.48. The normalized spacial score (nSPS) is 26.1. The van der Waals surface area contributed by atoms with Crippen LogP contribution in [0.25, 0.3) is 0 Å². The number of hydrogen-bond donors (Lipinski definition) is 2. The summed E-state index contributed by atoms with van der Waals surface area (Å²) in [5.74, 6) is -0.0265. The van der Waals surface area contributed by atoms with Crippen molar-refractivity contribution in [2.24, 2.45) is 0 Å². The predicted octanol–water partition coefficient (Wildman–Crippen LogP) is 2.68. The molecule has 0 radical (unpaired) electrons. The number of carbonyl (C=O) groups is 1. The van der Waals surface area contributed by atoms with Gasteiger partial charge in [0.1, 0.15) is 0 Å². The molecule has 1 amide bonds. The molecule has 2 aliphatic heterocycles. The minimum absolute atomic E-state index is 0.0265. The number of anilines is 2. The van der Waals surface area contributed by atoms with Gasteiger partial charge in [0.15, 0.2) is 0 Å². The number of hydrogen-bond acceptors (Lipinski definition) is 3. The molecule has 0 aliphatic carbocycles. The number of carbonyl (C=O) groups excluding carboxylic acids is 1. The lowest BCUT2D eigenvalue weighted by atomic mass is 9.97. The number of fused-ring (bicyclic) bond motifs is 1. The summed E-state index contributed by atoms with van der Waals surface area (Å²) in [5.41, 5.74) is 1.97. The molecular weight excluding hydrogens is 250 g/mol. The van der Waals surface area contributed by atoms with Gasteiger partial charge >= 0.3 is 0 Å². The van der Waals surface area contributed by atoms with Gasteiger partial charge in [-0.05, 0) is 50.4 Å². The van der Waals surface area contributed by atoms with Gasteiger partial charge in [-0.2, -0.15) is 0 Å². The summed E-state index contributed by atoms with van der Waals surface area (Å²) in [6.07, 6.45) is 5.16. The molecular formula is C16H23N3O. The lowest BCUT2D eigenvalue weighted by molar-refractivity contribution is -0.114. The van der Waals surface area contributed by atoms with Crippen molar-refractivity contribution in [3.63, 3.8) is 0 Å². The number of rotatable bonds is 3. The molecule has 4 heteroatoms. The Balaban J connectivity index is 1.61. The first-order valence-electron chi connectivity index (χ1n) is 7.59. The van der Waals surface area contributed by atoms with E-state index in [4.69, 9.17) is 0 Å². The maximum absolute atomic E-state index is 11.1. The van der Waals surface area contributed by atoms with E-state index in [2.05, 4.69) is 21.6 Å². The van der Waals surface area contributed by atoms with Gasteiger partial charge in [0, 0.05) is 36.9 Å². The number of nitrogens with zero attached hydrogens (tertiary/aromatic N) is 1. The highest BCUT2D eigenvalue weighted by Gasteiger charge is 2.31. The molecule has 0 spiro atoms. The van der Waals surface area contributed by atoms with E-state index in [-0.39, 0.29) is 5.91 Å². The quantitative estimate of drug-likeness (QED) is 0.890. The summed E-state index contributed by atoms with van der Waals surface area (Å²) in [5, 5.41) is 6.46. The molecule has 0 bridgehead atoms. The molecule has 2 saturated heterocycles. The van der Waals surface area contributed by atoms with Crippen LogP contribution >= 0.6 is 0 Å². The van der Waals surface area contributed by atoms with Crippen molar-refractivity contribution in [3.8, 4) is 0 Å². The smallest absolute Gasteiger partial charge is 0.221 e. The Morgan fingerprint density at radius 1 is 1.25 bits per heavy atom. The molecule has 1 aromatic carbocycles. The zero-order valence-electron chi connectivity index (χ0n) is 12.1. The summed E-state index contributed by atoms with van der Waals surface area (Å²) in [6, 6.07) is 9.33. The van der Waals surface area contributed by atoms with Crippen LogP contribution < -0.4 is 10.6 Å². The third-order valence-electron chi connectivity index (χ3n) is 4.37. The van der Waals surface area contributed by atoms with Gasteiger partial charge in [-0.1, -0.05) is 6.07 Å². The Hall–Kier alpha value is -1.55. The second kappa shape index (κ2) is 5.83. The largest absolute Gasteiger partial charge is 0.382 e. The van der Waals surface area contributed by atoms with Crippen LogP contribution in [0.1, 0.15) is 32.6 Å². The highest BCUT2D eigenvalue weighted by atomic mass is 16.1. The van der Waals surface area contributed by atoms with Crippen molar-refractivity contribution in [1.82, 2.24) is 4.90 Å². The summed E-state index contributed by atoms with van der Waals surface area (Å²) < 4.78 is 0. The highest BCUT2D eigenvalue weighted by Crippen LogP contribution is 2.28. The van der Waals surface area contributed by atoms with Crippen LogP contribution in [0.4, 0.5) is 11.4 Å². The molecule has 2 aliphatic rings. The first-order valence-corrected chi connectivity index (χ1v) is 7.59. The topological polar surface area (TPSA) is 44.4 Å². The van der Waals surface area contributed by atoms with Crippen LogP contribution in [0, 0.1) is 0 Å². The molecule has 0 saturated carbocycles. The molecule has 3 rings (SSSR count). The third-order valence-corrected chi connectivity index (χ3v) is 4.37. The second-order valence-corrected chi connectivity index (χ2v) is 5.96. The van der Waals surface area contributed by atoms with Crippen LogP contribution in [0.5, 0.6) is 0 Å². The van der Waals surface area contributed by atoms with Gasteiger partial charge in [0.05, 0.1) is 0 Å². The Morgan fingerprint density at radius 3 is 2.95 bits per heavy atom. The average molecular weight is 273 g/mol. The first kappa shape index (κ1) is 13.4. The van der Waals surface area contributed by atoms with E-state index in [1.807, 2.05) is 18.2 Å². The maximum atomic E-state index is 11.1. The number of piperidine rings is 1. The molecule has 4 nitrogen and oxygen atoms in total. The van der Waals surface area contributed by atoms with E-state index in [0.717, 1.165) is 17.4 Å². The lowest BCUT2D eigenvalue weighted by Crippen LogP contribution is -2.42. The van der Waals surface area contributed by atoms with Gasteiger partial charge in [0.25, 0.3) is 0 Å². The van der Waals surface area contributed by atoms with Gasteiger partial charge < -0.3 is 15.5 Å². The lowest BCUT2D eigenvalue weighted by Gasteiger charge is -2.35. The Morgan fingerprint density at radius 2 is 2.10 bits per heavy atom. The zero-order chi connectivity index (χ0) is 13.9. The summed E-state index contributed by atoms with van der Waals surface area (Å²) in [7, 11) is 0. The SMILES string of the molecule is CC(=O)Nc1cccc(NC2CCN3CCCC3C2)c1. The minimum atomic E-state index is -0.0265. The predicted molar refractivity (Wildman–Crippen MR) is 82.0 cm³/mol. The van der Waals surface area contributed by atoms with Crippen molar-refractivity contribution in [2.75, 3.05) is 23.7 Å². The van der Waals surface area contributed by atoms with Crippen LogP contribution in [0.3, 0.4) is 0 Å². The number of nitrogens with one attached hydrogen (secondary N) is 2. The van der Waals surface area contributed by atoms with Crippen molar-refractivity contribution >= 4 is 17.3 Å². The Bertz CT molecular complexity index is 488. The molecule has 2 heterocycles. The molecule has 20 heavy (non-hydrogen) atoms. The van der Waals surface area contributed by atoms with Crippen LogP contribution in [-0.2, 0) is 4.79 Å². The Kier molecular flexibility index (Phi) is 3.92. The van der Waals surface area contributed by atoms with Crippen molar-refractivity contribution in [2.45, 2.75) is 44.7 Å². The van der Waals surface area contributed by atoms with E-state index < -0.39 is 0 Å². The molecule has 108 valence electrons. The van der Waals surface area contributed by atoms with Gasteiger partial charge in [-0.3, -0.25) is 4.79 Å². The van der Waals surface area contributed by atoms with Crippen molar-refractivity contribution < 1.29 is 4.79 Å². The van der Waals surface area contributed by atoms with Crippen molar-refractivity contribution in [1.29, 1.82) is 0 Å². The van der Waals surface area contributed by atoms with E-state index in [9.17, 15) is 4.79 Å². The zero-order valence-corrected chi connectivity index (χ0v) is 12.1. The van der Waals surface area contributed by atoms with Gasteiger partial charge in [-0.25, -0.2) is 0 Å². The summed E-state index contributed by atoms with van der Waals surface area (Å²) in [6.45, 7) is 4.04. The summed E-state index contributed by atoms with van der Waals surface area (Å²) in [4.78, 5) is 13.7. The van der Waals surface area contributed by atoms with E-state index >= 15 is 0 Å². The standard InChI is InChI=1S/C16H23N3O/c1-12(20)17-13-4-2-5-14(10-13)18-15-7-9-19-8-3-6-16(19)11-15/h2,4-5,10,15-16,18H,3,6-9,11H2,1H3,(H,17,20). The summed E-state index contributed by atoms with van der Waals surface area (Å²) >= 11 is 0. The fraction of sp³-hybridized carbons (Fsp3) is 0.562. The monoisotopic (exact) mass is 273 g/mol. The fourth-order valence-corrected chi connectivity index (χ4v) is 3.48. The maximum Gasteiger partial charge on any atom is 0.221 e. The molecule has 2 unspecified atom stereocenters. The number of benzene rings is 1. The van der Waals surface area contributed by atoms with Crippen LogP contribution in [-0.4, -0.2) is 36.0 Å². The highest BCUT2D eigenvalue weighted by molar-refractivity contribution is 5.89. The second-order valence-electron chi connectivity index (χ2n) is 5.96.